The van der Waals surface area contributed by atoms with Crippen LogP contribution < -0.4 is 14.2 Å². The third-order valence-corrected chi connectivity index (χ3v) is 4.22. The molecule has 1 aromatic carbocycles. The second-order valence-electron chi connectivity index (χ2n) is 6.13. The van der Waals surface area contributed by atoms with Crippen LogP contribution in [0.5, 0.6) is 17.4 Å². The highest BCUT2D eigenvalue weighted by molar-refractivity contribution is 5.66. The minimum absolute atomic E-state index is 0.393. The lowest BCUT2D eigenvalue weighted by atomic mass is 10.2. The van der Waals surface area contributed by atoms with Gasteiger partial charge >= 0.3 is 0 Å². The summed E-state index contributed by atoms with van der Waals surface area (Å²) in [7, 11) is 3.19. The smallest absolute Gasteiger partial charge is 0.262 e. The third-order valence-electron chi connectivity index (χ3n) is 4.22. The third kappa shape index (κ3) is 3.46. The van der Waals surface area contributed by atoms with Gasteiger partial charge in [0.1, 0.15) is 11.5 Å². The first-order chi connectivity index (χ1) is 12.8. The summed E-state index contributed by atoms with van der Waals surface area (Å²) in [6.45, 7) is 0.683. The molecular weight excluding hydrogens is 334 g/mol. The van der Waals surface area contributed by atoms with Crippen molar-refractivity contribution in [3.63, 3.8) is 0 Å². The Labute approximate surface area is 150 Å². The van der Waals surface area contributed by atoms with Crippen molar-refractivity contribution < 1.29 is 18.7 Å². The first kappa shape index (κ1) is 16.4. The van der Waals surface area contributed by atoms with Crippen LogP contribution in [0.1, 0.15) is 12.8 Å². The van der Waals surface area contributed by atoms with E-state index in [1.807, 2.05) is 18.2 Å². The maximum absolute atomic E-state index is 5.97. The number of methoxy groups -OCH3 is 2. The van der Waals surface area contributed by atoms with E-state index in [0.717, 1.165) is 16.9 Å². The summed E-state index contributed by atoms with van der Waals surface area (Å²) in [4.78, 5) is 8.59. The van der Waals surface area contributed by atoms with Crippen LogP contribution in [-0.4, -0.2) is 36.0 Å². The van der Waals surface area contributed by atoms with Crippen molar-refractivity contribution >= 4 is 0 Å². The highest BCUT2D eigenvalue weighted by Gasteiger charge is 2.23. The van der Waals surface area contributed by atoms with Crippen LogP contribution in [0.2, 0.25) is 0 Å². The van der Waals surface area contributed by atoms with E-state index < -0.39 is 0 Å². The Kier molecular flexibility index (Phi) is 4.43. The molecule has 0 radical (unpaired) electrons. The monoisotopic (exact) mass is 353 g/mol. The summed E-state index contributed by atoms with van der Waals surface area (Å²) in [5, 5.41) is 4.07. The quantitative estimate of drug-likeness (QED) is 0.642. The molecule has 26 heavy (non-hydrogen) atoms. The molecule has 0 spiro atoms. The second-order valence-corrected chi connectivity index (χ2v) is 6.13. The van der Waals surface area contributed by atoms with E-state index in [2.05, 4.69) is 15.1 Å². The van der Waals surface area contributed by atoms with Gasteiger partial charge in [0.2, 0.25) is 11.7 Å². The Balaban J connectivity index is 1.65. The zero-order valence-corrected chi connectivity index (χ0v) is 14.6. The number of hydrogen-bond acceptors (Lipinski definition) is 7. The molecule has 3 aromatic rings. The lowest BCUT2D eigenvalue weighted by Gasteiger charge is -2.10. The van der Waals surface area contributed by atoms with E-state index in [1.165, 1.54) is 12.8 Å². The van der Waals surface area contributed by atoms with Crippen LogP contribution in [0.4, 0.5) is 0 Å². The van der Waals surface area contributed by atoms with Crippen LogP contribution in [-0.2, 0) is 0 Å². The summed E-state index contributed by atoms with van der Waals surface area (Å²) in [5.74, 6) is 3.38. The second kappa shape index (κ2) is 7.03. The predicted octanol–water partition coefficient (Wildman–Crippen LogP) is 3.60. The lowest BCUT2D eigenvalue weighted by Crippen LogP contribution is -2.01. The molecular formula is C19H19N3O4. The summed E-state index contributed by atoms with van der Waals surface area (Å²) in [6, 6.07) is 9.12. The molecule has 1 aliphatic rings. The molecule has 4 rings (SSSR count). The van der Waals surface area contributed by atoms with Crippen molar-refractivity contribution in [2.75, 3.05) is 20.8 Å². The van der Waals surface area contributed by atoms with Crippen molar-refractivity contribution in [1.82, 2.24) is 15.1 Å². The van der Waals surface area contributed by atoms with Crippen LogP contribution in [0.15, 0.2) is 41.1 Å². The Morgan fingerprint density at radius 2 is 2.00 bits per heavy atom. The van der Waals surface area contributed by atoms with Crippen LogP contribution in [0.3, 0.4) is 0 Å². The lowest BCUT2D eigenvalue weighted by molar-refractivity contribution is 0.297. The standard InChI is InChI=1S/C19H19N3O4/c1-23-14-5-6-15(16(10-14)25-11-12-3-4-12)19-21-18(22-26-19)13-7-8-20-17(9-13)24-2/h5-10,12H,3-4,11H2,1-2H3. The van der Waals surface area contributed by atoms with Gasteiger partial charge in [0.25, 0.3) is 5.89 Å². The van der Waals surface area contributed by atoms with E-state index in [9.17, 15) is 0 Å². The highest BCUT2D eigenvalue weighted by atomic mass is 16.5. The molecule has 7 heteroatoms. The summed E-state index contributed by atoms with van der Waals surface area (Å²) >= 11 is 0. The topological polar surface area (TPSA) is 79.5 Å². The van der Waals surface area contributed by atoms with Gasteiger partial charge in [-0.15, -0.1) is 0 Å². The number of ether oxygens (including phenoxy) is 3. The molecule has 1 fully saturated rings. The highest BCUT2D eigenvalue weighted by Crippen LogP contribution is 2.36. The largest absolute Gasteiger partial charge is 0.497 e. The van der Waals surface area contributed by atoms with Gasteiger partial charge in [-0.2, -0.15) is 4.98 Å². The van der Waals surface area contributed by atoms with E-state index in [4.69, 9.17) is 18.7 Å². The molecule has 0 N–H and O–H groups in total. The normalized spacial score (nSPS) is 13.5. The molecule has 0 aliphatic heterocycles. The van der Waals surface area contributed by atoms with Crippen molar-refractivity contribution in [3.05, 3.63) is 36.5 Å². The summed E-state index contributed by atoms with van der Waals surface area (Å²) in [6.07, 6.45) is 4.07. The zero-order chi connectivity index (χ0) is 17.9. The van der Waals surface area contributed by atoms with E-state index in [0.29, 0.717) is 35.9 Å². The maximum atomic E-state index is 5.97. The van der Waals surface area contributed by atoms with Gasteiger partial charge in [0.05, 0.1) is 26.4 Å². The SMILES string of the molecule is COc1ccc(-c2nc(-c3ccnc(OC)c3)no2)c(OCC2CC2)c1. The summed E-state index contributed by atoms with van der Waals surface area (Å²) < 4.78 is 21.9. The first-order valence-electron chi connectivity index (χ1n) is 8.42. The van der Waals surface area contributed by atoms with Crippen LogP contribution in [0.25, 0.3) is 22.8 Å². The molecule has 1 saturated carbocycles. The van der Waals surface area contributed by atoms with Crippen molar-refractivity contribution in [2.45, 2.75) is 12.8 Å². The molecule has 0 saturated heterocycles. The Bertz CT molecular complexity index is 905. The van der Waals surface area contributed by atoms with E-state index in [-0.39, 0.29) is 0 Å². The zero-order valence-electron chi connectivity index (χ0n) is 14.6. The molecule has 2 aromatic heterocycles. The Morgan fingerprint density at radius 3 is 2.77 bits per heavy atom. The average Bonchev–Trinajstić information content (AvgIpc) is 3.40. The Morgan fingerprint density at radius 1 is 1.12 bits per heavy atom. The predicted molar refractivity (Wildman–Crippen MR) is 94.3 cm³/mol. The molecule has 2 heterocycles. The number of rotatable bonds is 7. The molecule has 134 valence electrons. The van der Waals surface area contributed by atoms with Gasteiger partial charge in [-0.05, 0) is 37.0 Å². The fraction of sp³-hybridized carbons (Fsp3) is 0.316. The van der Waals surface area contributed by atoms with E-state index >= 15 is 0 Å². The molecule has 0 amide bonds. The fourth-order valence-corrected chi connectivity index (χ4v) is 2.53. The molecule has 7 nitrogen and oxygen atoms in total. The van der Waals surface area contributed by atoms with E-state index in [1.54, 1.807) is 32.5 Å². The summed E-state index contributed by atoms with van der Waals surface area (Å²) in [5.41, 5.74) is 1.51. The number of pyridine rings is 1. The van der Waals surface area contributed by atoms with Gasteiger partial charge in [0, 0.05) is 23.9 Å². The van der Waals surface area contributed by atoms with Gasteiger partial charge in [-0.25, -0.2) is 4.98 Å². The van der Waals surface area contributed by atoms with Crippen molar-refractivity contribution in [2.24, 2.45) is 5.92 Å². The number of nitrogens with zero attached hydrogens (tertiary/aromatic N) is 3. The molecule has 0 bridgehead atoms. The Hall–Kier alpha value is -3.09. The molecule has 1 aliphatic carbocycles. The average molecular weight is 353 g/mol. The van der Waals surface area contributed by atoms with Gasteiger partial charge in [-0.1, -0.05) is 5.16 Å². The number of benzene rings is 1. The van der Waals surface area contributed by atoms with Gasteiger partial charge in [0.15, 0.2) is 0 Å². The first-order valence-corrected chi connectivity index (χ1v) is 8.42. The minimum Gasteiger partial charge on any atom is -0.497 e. The van der Waals surface area contributed by atoms with Crippen molar-refractivity contribution in [1.29, 1.82) is 0 Å². The van der Waals surface area contributed by atoms with Gasteiger partial charge < -0.3 is 18.7 Å². The van der Waals surface area contributed by atoms with Gasteiger partial charge in [-0.3, -0.25) is 0 Å². The fourth-order valence-electron chi connectivity index (χ4n) is 2.53. The maximum Gasteiger partial charge on any atom is 0.262 e. The number of hydrogen-bond donors (Lipinski definition) is 0. The number of aromatic nitrogens is 3. The molecule has 0 atom stereocenters. The molecule has 0 unspecified atom stereocenters. The van der Waals surface area contributed by atoms with Crippen molar-refractivity contribution in [3.8, 4) is 40.2 Å². The van der Waals surface area contributed by atoms with Crippen LogP contribution in [0, 0.1) is 5.92 Å². The minimum atomic E-state index is 0.393. The van der Waals surface area contributed by atoms with Crippen LogP contribution >= 0.6 is 0 Å².